The Morgan fingerprint density at radius 3 is 2.60 bits per heavy atom. The molecule has 1 aromatic heterocycles. The maximum atomic E-state index is 5.58. The summed E-state index contributed by atoms with van der Waals surface area (Å²) in [5, 5.41) is 0.935. The summed E-state index contributed by atoms with van der Waals surface area (Å²) in [6, 6.07) is 16.0. The van der Waals surface area contributed by atoms with Gasteiger partial charge in [-0.1, -0.05) is 60.4 Å². The first-order chi connectivity index (χ1) is 9.72. The van der Waals surface area contributed by atoms with E-state index < -0.39 is 0 Å². The minimum Gasteiger partial charge on any atom is -0.389 e. The first kappa shape index (κ1) is 13.1. The van der Waals surface area contributed by atoms with Crippen LogP contribution in [0.4, 0.5) is 0 Å². The third-order valence-electron chi connectivity index (χ3n) is 2.98. The molecule has 0 saturated heterocycles. The molecule has 0 atom stereocenters. The van der Waals surface area contributed by atoms with Crippen molar-refractivity contribution in [2.24, 2.45) is 5.73 Å². The number of H-pyrrole nitrogens is 1. The normalized spacial score (nSPS) is 10.8. The van der Waals surface area contributed by atoms with Crippen molar-refractivity contribution in [3.63, 3.8) is 0 Å². The molecule has 0 saturated carbocycles. The second kappa shape index (κ2) is 5.64. The van der Waals surface area contributed by atoms with Crippen LogP contribution < -0.4 is 5.73 Å². The van der Waals surface area contributed by atoms with Crippen molar-refractivity contribution >= 4 is 40.0 Å². The van der Waals surface area contributed by atoms with Crippen LogP contribution >= 0.6 is 24.0 Å². The fraction of sp³-hybridized carbons (Fsp3) is 0.0667. The number of rotatable bonds is 4. The number of aromatic nitrogens is 2. The minimum atomic E-state index is 0.432. The van der Waals surface area contributed by atoms with Crippen LogP contribution in [-0.2, 0) is 5.75 Å². The summed E-state index contributed by atoms with van der Waals surface area (Å²) in [7, 11) is 0. The molecule has 0 amide bonds. The molecule has 3 rings (SSSR count). The highest BCUT2D eigenvalue weighted by Gasteiger charge is 2.03. The Kier molecular flexibility index (Phi) is 3.71. The number of aromatic amines is 1. The standard InChI is InChI=1S/C15H13N3S2/c16-14(19)11-7-5-10(6-8-11)9-20-15-17-12-3-1-2-4-13(12)18-15/h1-8H,9H2,(H2,16,19)(H,17,18). The van der Waals surface area contributed by atoms with Crippen LogP contribution in [0.25, 0.3) is 11.0 Å². The highest BCUT2D eigenvalue weighted by Crippen LogP contribution is 2.23. The Hall–Kier alpha value is -1.85. The molecule has 3 nitrogen and oxygen atoms in total. The van der Waals surface area contributed by atoms with E-state index in [1.807, 2.05) is 48.5 Å². The number of nitrogens with zero attached hydrogens (tertiary/aromatic N) is 1. The monoisotopic (exact) mass is 299 g/mol. The lowest BCUT2D eigenvalue weighted by atomic mass is 10.1. The number of nitrogens with one attached hydrogen (secondary N) is 1. The largest absolute Gasteiger partial charge is 0.389 e. The van der Waals surface area contributed by atoms with Gasteiger partial charge in [-0.25, -0.2) is 4.98 Å². The molecule has 0 aliphatic carbocycles. The van der Waals surface area contributed by atoms with Gasteiger partial charge in [0.05, 0.1) is 11.0 Å². The highest BCUT2D eigenvalue weighted by molar-refractivity contribution is 7.98. The lowest BCUT2D eigenvalue weighted by Gasteiger charge is -2.01. The van der Waals surface area contributed by atoms with E-state index in [1.165, 1.54) is 5.56 Å². The lowest BCUT2D eigenvalue weighted by Crippen LogP contribution is -2.08. The van der Waals surface area contributed by atoms with Crippen LogP contribution in [0.1, 0.15) is 11.1 Å². The Balaban J connectivity index is 1.71. The molecule has 1 heterocycles. The van der Waals surface area contributed by atoms with E-state index in [4.69, 9.17) is 18.0 Å². The zero-order valence-electron chi connectivity index (χ0n) is 10.7. The van der Waals surface area contributed by atoms with Crippen molar-refractivity contribution in [2.75, 3.05) is 0 Å². The van der Waals surface area contributed by atoms with Crippen LogP contribution in [0.15, 0.2) is 53.7 Å². The van der Waals surface area contributed by atoms with E-state index in [-0.39, 0.29) is 0 Å². The molecule has 5 heteroatoms. The molecule has 3 aromatic rings. The summed E-state index contributed by atoms with van der Waals surface area (Å²) in [5.41, 5.74) is 9.77. The molecule has 100 valence electrons. The SMILES string of the molecule is NC(=S)c1ccc(CSc2nc3ccccc3[nH]2)cc1. The number of fused-ring (bicyclic) bond motifs is 1. The van der Waals surface area contributed by atoms with Gasteiger partial charge in [0.2, 0.25) is 0 Å². The molecular formula is C15H13N3S2. The highest BCUT2D eigenvalue weighted by atomic mass is 32.2. The zero-order chi connectivity index (χ0) is 13.9. The minimum absolute atomic E-state index is 0.432. The predicted molar refractivity (Wildman–Crippen MR) is 88.0 cm³/mol. The first-order valence-corrected chi connectivity index (χ1v) is 7.58. The number of hydrogen-bond donors (Lipinski definition) is 2. The van der Waals surface area contributed by atoms with Gasteiger partial charge < -0.3 is 10.7 Å². The number of para-hydroxylation sites is 2. The summed E-state index contributed by atoms with van der Waals surface area (Å²) in [4.78, 5) is 8.28. The van der Waals surface area contributed by atoms with Crippen LogP contribution in [0.2, 0.25) is 0 Å². The van der Waals surface area contributed by atoms with Gasteiger partial charge in [0.1, 0.15) is 4.99 Å². The van der Waals surface area contributed by atoms with Crippen molar-refractivity contribution < 1.29 is 0 Å². The smallest absolute Gasteiger partial charge is 0.166 e. The summed E-state index contributed by atoms with van der Waals surface area (Å²) in [5.74, 6) is 0.859. The van der Waals surface area contributed by atoms with Crippen molar-refractivity contribution in [3.8, 4) is 0 Å². The maximum Gasteiger partial charge on any atom is 0.166 e. The predicted octanol–water partition coefficient (Wildman–Crippen LogP) is 3.49. The number of hydrogen-bond acceptors (Lipinski definition) is 3. The third-order valence-corrected chi connectivity index (χ3v) is 4.16. The Bertz CT molecular complexity index is 714. The number of benzene rings is 2. The molecule has 0 fully saturated rings. The van der Waals surface area contributed by atoms with Crippen LogP contribution in [0.3, 0.4) is 0 Å². The molecule has 3 N–H and O–H groups in total. The number of nitrogens with two attached hydrogens (primary N) is 1. The Morgan fingerprint density at radius 2 is 1.90 bits per heavy atom. The van der Waals surface area contributed by atoms with E-state index in [0.29, 0.717) is 4.99 Å². The number of imidazole rings is 1. The van der Waals surface area contributed by atoms with Gasteiger partial charge in [-0.2, -0.15) is 0 Å². The van der Waals surface area contributed by atoms with E-state index in [1.54, 1.807) is 11.8 Å². The van der Waals surface area contributed by atoms with E-state index >= 15 is 0 Å². The van der Waals surface area contributed by atoms with E-state index in [2.05, 4.69) is 9.97 Å². The number of thiocarbonyl (C=S) groups is 1. The van der Waals surface area contributed by atoms with Gasteiger partial charge in [-0.15, -0.1) is 0 Å². The van der Waals surface area contributed by atoms with Crippen molar-refractivity contribution in [1.82, 2.24) is 9.97 Å². The second-order valence-corrected chi connectivity index (χ2v) is 5.81. The topological polar surface area (TPSA) is 54.7 Å². The molecule has 0 aliphatic rings. The maximum absolute atomic E-state index is 5.58. The summed E-state index contributed by atoms with van der Waals surface area (Å²) >= 11 is 6.62. The van der Waals surface area contributed by atoms with Gasteiger partial charge in [-0.3, -0.25) is 0 Å². The zero-order valence-corrected chi connectivity index (χ0v) is 12.3. The Morgan fingerprint density at radius 1 is 1.15 bits per heavy atom. The molecule has 0 unspecified atom stereocenters. The molecule has 0 aliphatic heterocycles. The van der Waals surface area contributed by atoms with Gasteiger partial charge in [0.15, 0.2) is 5.16 Å². The lowest BCUT2D eigenvalue weighted by molar-refractivity contribution is 1.08. The average molecular weight is 299 g/mol. The van der Waals surface area contributed by atoms with Crippen LogP contribution in [0.5, 0.6) is 0 Å². The molecule has 0 radical (unpaired) electrons. The van der Waals surface area contributed by atoms with Crippen LogP contribution in [0, 0.1) is 0 Å². The molecule has 2 aromatic carbocycles. The molecule has 0 spiro atoms. The number of thioether (sulfide) groups is 1. The van der Waals surface area contributed by atoms with Gasteiger partial charge in [0.25, 0.3) is 0 Å². The fourth-order valence-corrected chi connectivity index (χ4v) is 2.89. The van der Waals surface area contributed by atoms with Gasteiger partial charge >= 0.3 is 0 Å². The van der Waals surface area contributed by atoms with Crippen molar-refractivity contribution in [3.05, 3.63) is 59.7 Å². The fourth-order valence-electron chi connectivity index (χ4n) is 1.91. The summed E-state index contributed by atoms with van der Waals surface area (Å²) < 4.78 is 0. The van der Waals surface area contributed by atoms with E-state index in [0.717, 1.165) is 27.5 Å². The Labute approximate surface area is 126 Å². The van der Waals surface area contributed by atoms with Crippen LogP contribution in [-0.4, -0.2) is 15.0 Å². The molecular weight excluding hydrogens is 286 g/mol. The average Bonchev–Trinajstić information content (AvgIpc) is 2.88. The van der Waals surface area contributed by atoms with Gasteiger partial charge in [0, 0.05) is 11.3 Å². The molecule has 0 bridgehead atoms. The molecule has 20 heavy (non-hydrogen) atoms. The van der Waals surface area contributed by atoms with E-state index in [9.17, 15) is 0 Å². The van der Waals surface area contributed by atoms with Crippen molar-refractivity contribution in [1.29, 1.82) is 0 Å². The summed E-state index contributed by atoms with van der Waals surface area (Å²) in [6.07, 6.45) is 0. The quantitative estimate of drug-likeness (QED) is 0.572. The first-order valence-electron chi connectivity index (χ1n) is 6.19. The third kappa shape index (κ3) is 2.84. The second-order valence-electron chi connectivity index (χ2n) is 4.41. The van der Waals surface area contributed by atoms with Crippen molar-refractivity contribution in [2.45, 2.75) is 10.9 Å². The summed E-state index contributed by atoms with van der Waals surface area (Å²) in [6.45, 7) is 0. The van der Waals surface area contributed by atoms with Gasteiger partial charge in [-0.05, 0) is 17.7 Å².